The fourth-order valence-electron chi connectivity index (χ4n) is 6.64. The highest BCUT2D eigenvalue weighted by Gasteiger charge is 2.42. The second-order valence-corrected chi connectivity index (χ2v) is 12.7. The van der Waals surface area contributed by atoms with Crippen molar-refractivity contribution in [1.29, 1.82) is 0 Å². The van der Waals surface area contributed by atoms with Crippen LogP contribution in [-0.2, 0) is 16.0 Å². The molecule has 3 aliphatic rings. The smallest absolute Gasteiger partial charge is 0.246 e. The Labute approximate surface area is 268 Å². The summed E-state index contributed by atoms with van der Waals surface area (Å²) in [4.78, 5) is 38.1. The van der Waals surface area contributed by atoms with Gasteiger partial charge < -0.3 is 24.5 Å². The van der Waals surface area contributed by atoms with Crippen molar-refractivity contribution in [2.75, 3.05) is 19.0 Å². The van der Waals surface area contributed by atoms with Crippen LogP contribution in [0.25, 0.3) is 22.6 Å². The Morgan fingerprint density at radius 1 is 1.22 bits per heavy atom. The molecule has 6 bridgehead atoms. The molecule has 2 aromatic heterocycles. The van der Waals surface area contributed by atoms with Gasteiger partial charge in [-0.15, -0.1) is 11.3 Å². The first-order valence-electron chi connectivity index (χ1n) is 15.8. The number of hydrogen-bond acceptors (Lipinski definition) is 8. The maximum Gasteiger partial charge on any atom is 0.246 e. The van der Waals surface area contributed by atoms with E-state index in [9.17, 15) is 9.59 Å². The predicted octanol–water partition coefficient (Wildman–Crippen LogP) is 7.02. The summed E-state index contributed by atoms with van der Waals surface area (Å²) in [6, 6.07) is 4.91. The van der Waals surface area contributed by atoms with Crippen molar-refractivity contribution < 1.29 is 19.1 Å². The first kappa shape index (κ1) is 30.8. The molecule has 234 valence electrons. The number of thiazole rings is 1. The first-order valence-corrected chi connectivity index (χ1v) is 16.7. The van der Waals surface area contributed by atoms with Gasteiger partial charge in [0, 0.05) is 34.9 Å². The summed E-state index contributed by atoms with van der Waals surface area (Å²) in [6.07, 6.45) is 18.5. The van der Waals surface area contributed by atoms with Gasteiger partial charge in [-0.1, -0.05) is 55.9 Å². The molecule has 4 heterocycles. The number of fused-ring (bicyclic) bond motifs is 5. The number of methoxy groups -OCH3 is 1. The minimum Gasteiger partial charge on any atom is -0.496 e. The maximum absolute atomic E-state index is 14.2. The molecule has 1 amide bonds. The molecule has 1 saturated carbocycles. The highest BCUT2D eigenvalue weighted by atomic mass is 32.1. The van der Waals surface area contributed by atoms with Gasteiger partial charge in [0.05, 0.1) is 36.6 Å². The molecule has 9 heteroatoms. The summed E-state index contributed by atoms with van der Waals surface area (Å²) >= 11 is 1.53. The topological polar surface area (TPSA) is 93.7 Å². The van der Waals surface area contributed by atoms with Crippen LogP contribution in [0.15, 0.2) is 60.5 Å². The number of rotatable bonds is 6. The summed E-state index contributed by atoms with van der Waals surface area (Å²) in [5.41, 5.74) is 4.18. The van der Waals surface area contributed by atoms with Crippen LogP contribution < -0.4 is 14.8 Å². The fourth-order valence-corrected chi connectivity index (χ4v) is 7.42. The molecule has 0 unspecified atom stereocenters. The van der Waals surface area contributed by atoms with Gasteiger partial charge in [-0.25, -0.2) is 9.97 Å². The number of amides is 1. The van der Waals surface area contributed by atoms with E-state index in [0.29, 0.717) is 30.2 Å². The van der Waals surface area contributed by atoms with E-state index in [0.717, 1.165) is 77.7 Å². The molecular weight excluding hydrogens is 584 g/mol. The summed E-state index contributed by atoms with van der Waals surface area (Å²) < 4.78 is 12.5. The van der Waals surface area contributed by atoms with Crippen molar-refractivity contribution in [3.05, 3.63) is 77.5 Å². The molecule has 0 radical (unpaired) electrons. The lowest BCUT2D eigenvalue weighted by atomic mass is 9.96. The van der Waals surface area contributed by atoms with Gasteiger partial charge in [0.1, 0.15) is 29.9 Å². The van der Waals surface area contributed by atoms with Crippen molar-refractivity contribution >= 4 is 51.2 Å². The number of aryl methyl sites for hydroxylation is 1. The standard InChI is InChI=1S/C36H40N4O4S/c1-4-6-11-23(5-2)30-18-33-29-16-25(32(43-3)19-31(29)38-30)14-9-10-15-26-22-45-36(37-26)39-34(24-12-7-8-13-24)35(42)40-20-28(44-33)17-27(40)21-41/h4-6,9,11,14,16,18-19,21-22,24,27-28,34H,2,7-8,10,12-13,15,17,20H2,1,3H3,(H,37,39)/b6-4-,14-9+,23-11+/t27-,28+,34-/m0/s1. The molecule has 3 aromatic rings. The van der Waals surface area contributed by atoms with Gasteiger partial charge in [0.25, 0.3) is 0 Å². The minimum absolute atomic E-state index is 0.0542. The third-order valence-corrected chi connectivity index (χ3v) is 9.80. The van der Waals surface area contributed by atoms with E-state index in [2.05, 4.69) is 29.4 Å². The Morgan fingerprint density at radius 3 is 2.82 bits per heavy atom. The van der Waals surface area contributed by atoms with Crippen molar-refractivity contribution in [2.24, 2.45) is 5.92 Å². The highest BCUT2D eigenvalue weighted by Crippen LogP contribution is 2.37. The third kappa shape index (κ3) is 6.59. The van der Waals surface area contributed by atoms with E-state index in [1.165, 1.54) is 11.3 Å². The third-order valence-electron chi connectivity index (χ3n) is 8.98. The average Bonchev–Trinajstić information content (AvgIpc) is 3.83. The number of anilines is 1. The first-order chi connectivity index (χ1) is 22.0. The van der Waals surface area contributed by atoms with Crippen LogP contribution in [-0.4, -0.2) is 58.9 Å². The van der Waals surface area contributed by atoms with E-state index >= 15 is 0 Å². The monoisotopic (exact) mass is 624 g/mol. The summed E-state index contributed by atoms with van der Waals surface area (Å²) in [7, 11) is 1.66. The number of aromatic nitrogens is 2. The number of nitrogens with zero attached hydrogens (tertiary/aromatic N) is 3. The number of aldehydes is 1. The summed E-state index contributed by atoms with van der Waals surface area (Å²) in [6.45, 7) is 6.29. The highest BCUT2D eigenvalue weighted by molar-refractivity contribution is 7.13. The number of carbonyl (C=O) groups is 2. The number of allylic oxidation sites excluding steroid dienone is 6. The van der Waals surface area contributed by atoms with E-state index in [-0.39, 0.29) is 17.9 Å². The molecule has 1 aromatic carbocycles. The molecule has 2 fully saturated rings. The quantitative estimate of drug-likeness (QED) is 0.233. The number of pyridine rings is 1. The Morgan fingerprint density at radius 2 is 2.07 bits per heavy atom. The zero-order valence-electron chi connectivity index (χ0n) is 25.9. The van der Waals surface area contributed by atoms with Crippen molar-refractivity contribution in [1.82, 2.24) is 14.9 Å². The van der Waals surface area contributed by atoms with Gasteiger partial charge in [-0.2, -0.15) is 0 Å². The zero-order valence-corrected chi connectivity index (χ0v) is 26.7. The Balaban J connectivity index is 1.45. The molecule has 0 spiro atoms. The molecule has 3 atom stereocenters. The fraction of sp³-hybridized carbons (Fsp3) is 0.389. The Kier molecular flexibility index (Phi) is 9.45. The minimum atomic E-state index is -0.563. The van der Waals surface area contributed by atoms with Crippen molar-refractivity contribution in [2.45, 2.75) is 70.1 Å². The lowest BCUT2D eigenvalue weighted by Crippen LogP contribution is -2.49. The lowest BCUT2D eigenvalue weighted by Gasteiger charge is -2.30. The van der Waals surface area contributed by atoms with Crippen LogP contribution in [0.4, 0.5) is 5.13 Å². The second-order valence-electron chi connectivity index (χ2n) is 11.9. The Hall–Kier alpha value is -4.24. The van der Waals surface area contributed by atoms with E-state index in [1.807, 2.05) is 43.4 Å². The van der Waals surface area contributed by atoms with Crippen LogP contribution >= 0.6 is 11.3 Å². The summed E-state index contributed by atoms with van der Waals surface area (Å²) in [5.74, 6) is 1.50. The van der Waals surface area contributed by atoms with E-state index in [4.69, 9.17) is 19.4 Å². The van der Waals surface area contributed by atoms with Gasteiger partial charge in [0.15, 0.2) is 5.13 Å². The van der Waals surface area contributed by atoms with E-state index in [1.54, 1.807) is 18.1 Å². The molecular formula is C36H40N4O4S. The van der Waals surface area contributed by atoms with Crippen LogP contribution in [0.2, 0.25) is 0 Å². The van der Waals surface area contributed by atoms with Crippen LogP contribution in [0.1, 0.15) is 62.4 Å². The largest absolute Gasteiger partial charge is 0.496 e. The number of ether oxygens (including phenoxy) is 2. The van der Waals surface area contributed by atoms with Crippen molar-refractivity contribution in [3.8, 4) is 11.5 Å². The molecule has 1 N–H and O–H groups in total. The summed E-state index contributed by atoms with van der Waals surface area (Å²) in [5, 5.41) is 7.14. The van der Waals surface area contributed by atoms with Crippen LogP contribution in [0.3, 0.4) is 0 Å². The van der Waals surface area contributed by atoms with Gasteiger partial charge in [-0.3, -0.25) is 4.79 Å². The number of nitrogens with one attached hydrogen (secondary N) is 1. The number of benzene rings is 1. The molecule has 1 aliphatic carbocycles. The van der Waals surface area contributed by atoms with E-state index < -0.39 is 12.1 Å². The van der Waals surface area contributed by atoms with Gasteiger partial charge in [0.2, 0.25) is 5.91 Å². The molecule has 45 heavy (non-hydrogen) atoms. The predicted molar refractivity (Wildman–Crippen MR) is 181 cm³/mol. The van der Waals surface area contributed by atoms with Gasteiger partial charge >= 0.3 is 0 Å². The molecule has 8 nitrogen and oxygen atoms in total. The molecule has 2 aliphatic heterocycles. The van der Waals surface area contributed by atoms with Crippen LogP contribution in [0, 0.1) is 5.92 Å². The maximum atomic E-state index is 14.2. The van der Waals surface area contributed by atoms with Crippen molar-refractivity contribution in [3.63, 3.8) is 0 Å². The second kappa shape index (κ2) is 13.8. The van der Waals surface area contributed by atoms with Crippen LogP contribution in [0.5, 0.6) is 11.5 Å². The van der Waals surface area contributed by atoms with Gasteiger partial charge in [-0.05, 0) is 50.2 Å². The molecule has 1 saturated heterocycles. The molecule has 6 rings (SSSR count). The lowest BCUT2D eigenvalue weighted by molar-refractivity contribution is -0.136. The normalized spacial score (nSPS) is 23.5. The SMILES string of the molecule is C=C/C(=C\C=C/C)c1cc2c3cc(c(OC)cc3n1)/C=C/CCc1csc(n1)N[C@@H](C1CCCC1)C(=O)N1C[C@@H](C[C@H]1C=O)O2. The zero-order chi connectivity index (χ0) is 31.3. The average molecular weight is 625 g/mol. The Bertz CT molecular complexity index is 1670. The number of hydrogen-bond donors (Lipinski definition) is 1. The number of carbonyl (C=O) groups excluding carboxylic acids is 2.